The predicted octanol–water partition coefficient (Wildman–Crippen LogP) is 5.37. The first-order valence-electron chi connectivity index (χ1n) is 9.27. The van der Waals surface area contributed by atoms with Gasteiger partial charge in [-0.25, -0.2) is 0 Å². The molecule has 2 unspecified atom stereocenters. The number of rotatable bonds is 3. The second-order valence-corrected chi connectivity index (χ2v) is 8.62. The fourth-order valence-corrected chi connectivity index (χ4v) is 5.54. The smallest absolute Gasteiger partial charge is 0.0774 e. The molecule has 3 rings (SSSR count). The van der Waals surface area contributed by atoms with Gasteiger partial charge in [0.2, 0.25) is 0 Å². The summed E-state index contributed by atoms with van der Waals surface area (Å²) in [4.78, 5) is 0. The van der Waals surface area contributed by atoms with Gasteiger partial charge in [-0.15, -0.1) is 6.58 Å². The Morgan fingerprint density at radius 1 is 1.26 bits per heavy atom. The third kappa shape index (κ3) is 2.48. The van der Waals surface area contributed by atoms with E-state index in [9.17, 15) is 5.11 Å². The second-order valence-electron chi connectivity index (χ2n) is 8.62. The summed E-state index contributed by atoms with van der Waals surface area (Å²) in [5, 5.41) is 10.6. The van der Waals surface area contributed by atoms with E-state index in [1.54, 1.807) is 17.2 Å². The minimum atomic E-state index is -0.399. The van der Waals surface area contributed by atoms with Gasteiger partial charge in [0.25, 0.3) is 0 Å². The minimum absolute atomic E-state index is 0.0385. The Labute approximate surface area is 141 Å². The molecule has 23 heavy (non-hydrogen) atoms. The van der Waals surface area contributed by atoms with Crippen LogP contribution in [0.4, 0.5) is 0 Å². The molecule has 2 aliphatic carbocycles. The molecule has 1 aromatic rings. The number of hydrogen-bond donors (Lipinski definition) is 1. The molecule has 1 nitrogen and oxygen atoms in total. The van der Waals surface area contributed by atoms with Crippen LogP contribution >= 0.6 is 0 Å². The van der Waals surface area contributed by atoms with Crippen LogP contribution in [-0.4, -0.2) is 11.2 Å². The summed E-state index contributed by atoms with van der Waals surface area (Å²) in [6.07, 6.45) is 7.24. The lowest BCUT2D eigenvalue weighted by atomic mass is 9.48. The molecule has 0 aliphatic heterocycles. The molecule has 0 bridgehead atoms. The van der Waals surface area contributed by atoms with E-state index in [0.717, 1.165) is 12.8 Å². The average Bonchev–Trinajstić information content (AvgIpc) is 2.53. The maximum atomic E-state index is 10.6. The van der Waals surface area contributed by atoms with E-state index in [0.29, 0.717) is 11.8 Å². The van der Waals surface area contributed by atoms with Crippen LogP contribution in [0.25, 0.3) is 0 Å². The molecule has 1 aromatic carbocycles. The van der Waals surface area contributed by atoms with Crippen LogP contribution in [0.2, 0.25) is 0 Å². The van der Waals surface area contributed by atoms with Crippen molar-refractivity contribution in [3.05, 3.63) is 47.5 Å². The van der Waals surface area contributed by atoms with Gasteiger partial charge in [0.05, 0.1) is 6.10 Å². The Bertz CT molecular complexity index is 602. The predicted molar refractivity (Wildman–Crippen MR) is 97.9 cm³/mol. The van der Waals surface area contributed by atoms with Crippen LogP contribution in [0.3, 0.4) is 0 Å². The van der Waals surface area contributed by atoms with Crippen molar-refractivity contribution in [2.45, 2.75) is 77.2 Å². The van der Waals surface area contributed by atoms with E-state index in [4.69, 9.17) is 0 Å². The molecule has 1 fully saturated rings. The van der Waals surface area contributed by atoms with Gasteiger partial charge in [-0.1, -0.05) is 58.4 Å². The zero-order valence-electron chi connectivity index (χ0n) is 15.2. The molecule has 0 amide bonds. The SMILES string of the molecule is C=CC(O)[C@]1(C)CCC[C@]2(C)c3ccc(C(C)C)cc3CCC12. The van der Waals surface area contributed by atoms with E-state index in [1.165, 1.54) is 24.8 Å². The van der Waals surface area contributed by atoms with Gasteiger partial charge in [0.15, 0.2) is 0 Å². The Morgan fingerprint density at radius 2 is 2.00 bits per heavy atom. The third-order valence-corrected chi connectivity index (χ3v) is 6.99. The molecule has 2 aliphatic rings. The van der Waals surface area contributed by atoms with Crippen molar-refractivity contribution in [1.82, 2.24) is 0 Å². The lowest BCUT2D eigenvalue weighted by Crippen LogP contribution is -2.53. The fraction of sp³-hybridized carbons (Fsp3) is 0.636. The number of aliphatic hydroxyl groups excluding tert-OH is 1. The van der Waals surface area contributed by atoms with E-state index in [2.05, 4.69) is 52.5 Å². The average molecular weight is 312 g/mol. The summed E-state index contributed by atoms with van der Waals surface area (Å²) in [5.41, 5.74) is 4.70. The highest BCUT2D eigenvalue weighted by atomic mass is 16.3. The Hall–Kier alpha value is -1.08. The highest BCUT2D eigenvalue weighted by Crippen LogP contribution is 2.58. The molecule has 0 aromatic heterocycles. The van der Waals surface area contributed by atoms with E-state index in [1.807, 2.05) is 0 Å². The van der Waals surface area contributed by atoms with Crippen molar-refractivity contribution in [3.63, 3.8) is 0 Å². The summed E-state index contributed by atoms with van der Waals surface area (Å²) >= 11 is 0. The fourth-order valence-electron chi connectivity index (χ4n) is 5.54. The van der Waals surface area contributed by atoms with Crippen LogP contribution in [0.1, 0.15) is 76.0 Å². The van der Waals surface area contributed by atoms with Crippen LogP contribution in [0.15, 0.2) is 30.9 Å². The second kappa shape index (κ2) is 5.77. The quantitative estimate of drug-likeness (QED) is 0.744. The molecule has 126 valence electrons. The molecule has 1 saturated carbocycles. The van der Waals surface area contributed by atoms with Crippen molar-refractivity contribution >= 4 is 0 Å². The van der Waals surface area contributed by atoms with Crippen LogP contribution < -0.4 is 0 Å². The molecule has 0 spiro atoms. The topological polar surface area (TPSA) is 20.2 Å². The summed E-state index contributed by atoms with van der Waals surface area (Å²) in [5.74, 6) is 1.12. The zero-order valence-corrected chi connectivity index (χ0v) is 15.2. The van der Waals surface area contributed by atoms with Gasteiger partial charge in [-0.3, -0.25) is 0 Å². The molecular formula is C22H32O. The summed E-state index contributed by atoms with van der Waals surface area (Å²) in [6.45, 7) is 13.1. The van der Waals surface area contributed by atoms with Gasteiger partial charge in [0.1, 0.15) is 0 Å². The minimum Gasteiger partial charge on any atom is -0.388 e. The lowest BCUT2D eigenvalue weighted by Gasteiger charge is -2.56. The number of fused-ring (bicyclic) bond motifs is 3. The first kappa shape index (κ1) is 16.8. The van der Waals surface area contributed by atoms with Gasteiger partial charge < -0.3 is 5.11 Å². The highest BCUT2D eigenvalue weighted by Gasteiger charge is 2.53. The van der Waals surface area contributed by atoms with Crippen molar-refractivity contribution < 1.29 is 5.11 Å². The summed E-state index contributed by atoms with van der Waals surface area (Å²) in [7, 11) is 0. The van der Waals surface area contributed by atoms with E-state index < -0.39 is 6.10 Å². The van der Waals surface area contributed by atoms with Crippen molar-refractivity contribution in [2.24, 2.45) is 11.3 Å². The first-order chi connectivity index (χ1) is 10.8. The van der Waals surface area contributed by atoms with Crippen molar-refractivity contribution in [3.8, 4) is 0 Å². The highest BCUT2D eigenvalue weighted by molar-refractivity contribution is 5.42. The number of aryl methyl sites for hydroxylation is 1. The lowest BCUT2D eigenvalue weighted by molar-refractivity contribution is -0.0512. The molecular weight excluding hydrogens is 280 g/mol. The standard InChI is InChI=1S/C22H32O/c1-6-20(23)22(5)13-7-12-21(4)18-10-8-16(15(2)3)14-17(18)9-11-19(21)22/h6,8,10,14-15,19-20,23H,1,7,9,11-13H2,2-5H3/t19?,20?,21-,22-/m1/s1. The van der Waals surface area contributed by atoms with Gasteiger partial charge in [-0.05, 0) is 59.6 Å². The van der Waals surface area contributed by atoms with Crippen LogP contribution in [-0.2, 0) is 11.8 Å². The Kier molecular flexibility index (Phi) is 4.21. The van der Waals surface area contributed by atoms with Gasteiger partial charge >= 0.3 is 0 Å². The van der Waals surface area contributed by atoms with Crippen LogP contribution in [0, 0.1) is 11.3 Å². The van der Waals surface area contributed by atoms with Crippen molar-refractivity contribution in [1.29, 1.82) is 0 Å². The number of benzene rings is 1. The zero-order chi connectivity index (χ0) is 16.8. The number of hydrogen-bond acceptors (Lipinski definition) is 1. The molecule has 1 N–H and O–H groups in total. The normalized spacial score (nSPS) is 34.6. The van der Waals surface area contributed by atoms with Gasteiger partial charge in [-0.2, -0.15) is 0 Å². The first-order valence-corrected chi connectivity index (χ1v) is 9.27. The summed E-state index contributed by atoms with van der Waals surface area (Å²) < 4.78 is 0. The molecule has 4 atom stereocenters. The maximum Gasteiger partial charge on any atom is 0.0774 e. The number of aliphatic hydroxyl groups is 1. The summed E-state index contributed by atoms with van der Waals surface area (Å²) in [6, 6.07) is 7.16. The maximum absolute atomic E-state index is 10.6. The van der Waals surface area contributed by atoms with Crippen LogP contribution in [0.5, 0.6) is 0 Å². The largest absolute Gasteiger partial charge is 0.388 e. The molecule has 0 heterocycles. The molecule has 0 saturated heterocycles. The molecule has 1 heteroatoms. The Balaban J connectivity index is 2.05. The monoisotopic (exact) mass is 312 g/mol. The van der Waals surface area contributed by atoms with E-state index in [-0.39, 0.29) is 10.8 Å². The van der Waals surface area contributed by atoms with Gasteiger partial charge in [0, 0.05) is 5.41 Å². The third-order valence-electron chi connectivity index (χ3n) is 6.99. The Morgan fingerprint density at radius 3 is 2.65 bits per heavy atom. The van der Waals surface area contributed by atoms with Crippen molar-refractivity contribution in [2.75, 3.05) is 0 Å². The molecule has 0 radical (unpaired) electrons. The van der Waals surface area contributed by atoms with E-state index >= 15 is 0 Å².